The third-order valence-corrected chi connectivity index (χ3v) is 7.69. The molecule has 2 saturated heterocycles. The predicted molar refractivity (Wildman–Crippen MR) is 119 cm³/mol. The third-order valence-electron chi connectivity index (χ3n) is 7.69. The van der Waals surface area contributed by atoms with Gasteiger partial charge in [-0.1, -0.05) is 55.8 Å². The average molecular weight is 431 g/mol. The van der Waals surface area contributed by atoms with E-state index in [1.165, 1.54) is 23.1 Å². The van der Waals surface area contributed by atoms with Crippen LogP contribution in [0.1, 0.15) is 37.0 Å². The molecular formula is C26H26N2O4. The van der Waals surface area contributed by atoms with Crippen molar-refractivity contribution in [3.8, 4) is 0 Å². The second-order valence-corrected chi connectivity index (χ2v) is 9.79. The first-order valence-electron chi connectivity index (χ1n) is 11.0. The van der Waals surface area contributed by atoms with Crippen molar-refractivity contribution in [3.05, 3.63) is 65.2 Å². The number of amides is 4. The van der Waals surface area contributed by atoms with Crippen LogP contribution in [0.3, 0.4) is 0 Å². The second kappa shape index (κ2) is 6.86. The summed E-state index contributed by atoms with van der Waals surface area (Å²) in [5.41, 5.74) is 3.73. The zero-order valence-electron chi connectivity index (χ0n) is 18.7. The lowest BCUT2D eigenvalue weighted by Crippen LogP contribution is -2.35. The van der Waals surface area contributed by atoms with E-state index in [0.29, 0.717) is 5.69 Å². The minimum Gasteiger partial charge on any atom is -0.285 e. The van der Waals surface area contributed by atoms with Crippen molar-refractivity contribution in [2.24, 2.45) is 23.7 Å². The number of aryl methyl sites for hydroxylation is 1. The summed E-state index contributed by atoms with van der Waals surface area (Å²) in [5.74, 6) is -3.87. The molecule has 3 fully saturated rings. The number of nitrogens with zero attached hydrogens (tertiary/aromatic N) is 2. The van der Waals surface area contributed by atoms with Gasteiger partial charge in [0.25, 0.3) is 0 Å². The van der Waals surface area contributed by atoms with E-state index in [0.717, 1.165) is 10.5 Å². The largest absolute Gasteiger partial charge is 0.285 e. The molecule has 6 heteroatoms. The van der Waals surface area contributed by atoms with Gasteiger partial charge >= 0.3 is 0 Å². The fourth-order valence-corrected chi connectivity index (χ4v) is 5.65. The summed E-state index contributed by atoms with van der Waals surface area (Å²) >= 11 is 0. The number of hydrogen-bond donors (Lipinski definition) is 0. The van der Waals surface area contributed by atoms with Crippen molar-refractivity contribution in [2.45, 2.75) is 32.6 Å². The first-order valence-corrected chi connectivity index (χ1v) is 11.0. The number of benzene rings is 2. The van der Waals surface area contributed by atoms with Gasteiger partial charge in [-0.05, 0) is 36.6 Å². The second-order valence-electron chi connectivity index (χ2n) is 9.79. The highest BCUT2D eigenvalue weighted by Gasteiger charge is 2.65. The minimum absolute atomic E-state index is 0.240. The topological polar surface area (TPSA) is 74.8 Å². The Morgan fingerprint density at radius 2 is 1.22 bits per heavy atom. The molecule has 0 radical (unpaired) electrons. The maximum absolute atomic E-state index is 13.3. The summed E-state index contributed by atoms with van der Waals surface area (Å²) in [7, 11) is 1.45. The minimum atomic E-state index is -0.738. The molecule has 1 saturated carbocycles. The lowest BCUT2D eigenvalue weighted by atomic mass is 9.78. The van der Waals surface area contributed by atoms with Gasteiger partial charge in [0.15, 0.2) is 0 Å². The molecule has 1 aliphatic carbocycles. The van der Waals surface area contributed by atoms with Crippen molar-refractivity contribution in [3.63, 3.8) is 0 Å². The number of imide groups is 2. The van der Waals surface area contributed by atoms with E-state index < -0.39 is 23.7 Å². The van der Waals surface area contributed by atoms with Crippen LogP contribution in [0.5, 0.6) is 0 Å². The van der Waals surface area contributed by atoms with Gasteiger partial charge in [0.2, 0.25) is 23.6 Å². The van der Waals surface area contributed by atoms with Crippen LogP contribution in [-0.2, 0) is 24.6 Å². The van der Waals surface area contributed by atoms with E-state index in [1.54, 1.807) is 12.1 Å². The van der Waals surface area contributed by atoms with Crippen LogP contribution in [0.15, 0.2) is 48.5 Å². The highest BCUT2D eigenvalue weighted by molar-refractivity contribution is 6.24. The molecule has 0 aromatic heterocycles. The Morgan fingerprint density at radius 3 is 1.81 bits per heavy atom. The first-order chi connectivity index (χ1) is 15.1. The molecule has 2 aromatic rings. The Labute approximate surface area is 187 Å². The number of anilines is 1. The Morgan fingerprint density at radius 1 is 0.719 bits per heavy atom. The van der Waals surface area contributed by atoms with E-state index in [1.807, 2.05) is 12.1 Å². The monoisotopic (exact) mass is 430 g/mol. The van der Waals surface area contributed by atoms with Gasteiger partial charge in [0.05, 0.1) is 29.4 Å². The highest BCUT2D eigenvalue weighted by Crippen LogP contribution is 2.52. The standard InChI is InChI=1S/C26H26N2O4/c1-14-5-7-15(8-6-14)26(2,3)16-9-11-17(12-10-16)28-23(30)19-13-18-20(21(19)25(28)32)24(31)27(4)22(18)29/h5-12,18-21H,13H2,1-4H3. The van der Waals surface area contributed by atoms with Gasteiger partial charge in [0, 0.05) is 12.5 Å². The van der Waals surface area contributed by atoms with Crippen LogP contribution in [-0.4, -0.2) is 35.6 Å². The molecule has 2 aromatic carbocycles. The smallest absolute Gasteiger partial charge is 0.238 e. The quantitative estimate of drug-likeness (QED) is 0.702. The number of likely N-dealkylation sites (tertiary alicyclic amines) is 1. The summed E-state index contributed by atoms with van der Waals surface area (Å²) in [6, 6.07) is 15.9. The number of carbonyl (C=O) groups is 4. The fraction of sp³-hybridized carbons (Fsp3) is 0.385. The summed E-state index contributed by atoms with van der Waals surface area (Å²) < 4.78 is 0. The van der Waals surface area contributed by atoms with E-state index >= 15 is 0 Å². The van der Waals surface area contributed by atoms with Crippen LogP contribution in [0, 0.1) is 30.6 Å². The molecule has 164 valence electrons. The summed E-state index contributed by atoms with van der Waals surface area (Å²) in [6.07, 6.45) is 0.268. The molecule has 0 spiro atoms. The molecule has 2 aliphatic heterocycles. The molecule has 4 amide bonds. The number of fused-ring (bicyclic) bond motifs is 3. The Kier molecular flexibility index (Phi) is 4.42. The van der Waals surface area contributed by atoms with Gasteiger partial charge < -0.3 is 0 Å². The van der Waals surface area contributed by atoms with Gasteiger partial charge in [-0.3, -0.25) is 29.0 Å². The van der Waals surface area contributed by atoms with E-state index in [4.69, 9.17) is 0 Å². The van der Waals surface area contributed by atoms with Gasteiger partial charge in [-0.15, -0.1) is 0 Å². The zero-order chi connectivity index (χ0) is 22.9. The van der Waals surface area contributed by atoms with E-state index in [-0.39, 0.29) is 35.5 Å². The van der Waals surface area contributed by atoms with Gasteiger partial charge in [-0.2, -0.15) is 0 Å². The first kappa shape index (κ1) is 20.6. The van der Waals surface area contributed by atoms with Crippen LogP contribution < -0.4 is 4.90 Å². The van der Waals surface area contributed by atoms with Gasteiger partial charge in [-0.25, -0.2) is 0 Å². The number of carbonyl (C=O) groups excluding carboxylic acids is 4. The van der Waals surface area contributed by atoms with E-state index in [2.05, 4.69) is 45.0 Å². The number of hydrogen-bond acceptors (Lipinski definition) is 4. The highest BCUT2D eigenvalue weighted by atomic mass is 16.2. The van der Waals surface area contributed by atoms with Crippen LogP contribution in [0.25, 0.3) is 0 Å². The molecule has 4 atom stereocenters. The maximum atomic E-state index is 13.3. The summed E-state index contributed by atoms with van der Waals surface area (Å²) in [6.45, 7) is 6.34. The van der Waals surface area contributed by atoms with E-state index in [9.17, 15) is 19.2 Å². The molecular weight excluding hydrogens is 404 g/mol. The number of rotatable bonds is 3. The lowest BCUT2D eigenvalue weighted by molar-refractivity contribution is -0.140. The van der Waals surface area contributed by atoms with Crippen LogP contribution >= 0.6 is 0 Å². The zero-order valence-corrected chi connectivity index (χ0v) is 18.7. The normalized spacial score (nSPS) is 27.4. The third kappa shape index (κ3) is 2.71. The summed E-state index contributed by atoms with van der Waals surface area (Å²) in [5, 5.41) is 0. The molecule has 32 heavy (non-hydrogen) atoms. The maximum Gasteiger partial charge on any atom is 0.238 e. The van der Waals surface area contributed by atoms with Crippen molar-refractivity contribution < 1.29 is 19.2 Å². The average Bonchev–Trinajstić information content (AvgIpc) is 3.35. The molecule has 2 heterocycles. The summed E-state index contributed by atoms with van der Waals surface area (Å²) in [4.78, 5) is 53.6. The molecule has 0 bridgehead atoms. The lowest BCUT2D eigenvalue weighted by Gasteiger charge is -2.27. The van der Waals surface area contributed by atoms with Gasteiger partial charge in [0.1, 0.15) is 0 Å². The SMILES string of the molecule is Cc1ccc(C(C)(C)c2ccc(N3C(=O)C4CC5C(=O)N(C)C(=O)C5C4C3=O)cc2)cc1. The van der Waals surface area contributed by atoms with Crippen molar-refractivity contribution in [2.75, 3.05) is 11.9 Å². The van der Waals surface area contributed by atoms with Crippen molar-refractivity contribution >= 4 is 29.3 Å². The molecule has 0 N–H and O–H groups in total. The Hall–Kier alpha value is -3.28. The molecule has 3 aliphatic rings. The van der Waals surface area contributed by atoms with Crippen LogP contribution in [0.4, 0.5) is 5.69 Å². The fourth-order valence-electron chi connectivity index (χ4n) is 5.65. The predicted octanol–water partition coefficient (Wildman–Crippen LogP) is 3.06. The van der Waals surface area contributed by atoms with Crippen molar-refractivity contribution in [1.82, 2.24) is 4.90 Å². The van der Waals surface area contributed by atoms with Crippen molar-refractivity contribution in [1.29, 1.82) is 0 Å². The van der Waals surface area contributed by atoms with Crippen LogP contribution in [0.2, 0.25) is 0 Å². The Bertz CT molecular complexity index is 1150. The Balaban J connectivity index is 1.42. The molecule has 4 unspecified atom stereocenters. The molecule has 5 rings (SSSR count). The molecule has 6 nitrogen and oxygen atoms in total.